The average molecular weight is 665 g/mol. The molecule has 8 aromatic carbocycles. The van der Waals surface area contributed by atoms with Crippen LogP contribution in [0.3, 0.4) is 0 Å². The number of nitrogens with zero attached hydrogens (tertiary/aromatic N) is 2. The van der Waals surface area contributed by atoms with Crippen molar-refractivity contribution in [2.24, 2.45) is 0 Å². The number of para-hydroxylation sites is 5. The van der Waals surface area contributed by atoms with Crippen molar-refractivity contribution in [3.8, 4) is 45.1 Å². The van der Waals surface area contributed by atoms with Crippen molar-refractivity contribution in [2.45, 2.75) is 0 Å². The average Bonchev–Trinajstić information content (AvgIpc) is 3.86. The van der Waals surface area contributed by atoms with Crippen LogP contribution in [-0.4, -0.2) is 9.13 Å². The standard InChI is InChI=1S/C48H28N2O2/c1-3-11-40-34(8-1)38-26-30(31-20-25-45-39(27-31)36-9-2-5-13-44(36)51-45)19-24-41(38)49(40)33-21-16-29(17-22-33)32-18-23-35-37-10-7-15-47-48(37)50(43(35)28-32)42-12-4-6-14-46(42)52-47/h1-28H. The Morgan fingerprint density at radius 2 is 0.981 bits per heavy atom. The van der Waals surface area contributed by atoms with Crippen molar-refractivity contribution in [1.82, 2.24) is 9.13 Å². The smallest absolute Gasteiger partial charge is 0.152 e. The molecule has 4 heteroatoms. The van der Waals surface area contributed by atoms with Gasteiger partial charge in [0.2, 0.25) is 0 Å². The molecule has 11 aromatic rings. The highest BCUT2D eigenvalue weighted by atomic mass is 16.5. The quantitative estimate of drug-likeness (QED) is 0.188. The summed E-state index contributed by atoms with van der Waals surface area (Å²) in [7, 11) is 0. The number of furan rings is 1. The van der Waals surface area contributed by atoms with Gasteiger partial charge >= 0.3 is 0 Å². The number of hydrogen-bond acceptors (Lipinski definition) is 2. The Bertz CT molecular complexity index is 3270. The summed E-state index contributed by atoms with van der Waals surface area (Å²) < 4.78 is 17.2. The van der Waals surface area contributed by atoms with E-state index >= 15 is 0 Å². The van der Waals surface area contributed by atoms with E-state index < -0.39 is 0 Å². The normalized spacial score (nSPS) is 12.4. The van der Waals surface area contributed by atoms with Gasteiger partial charge in [-0.25, -0.2) is 0 Å². The van der Waals surface area contributed by atoms with Crippen molar-refractivity contribution >= 4 is 65.6 Å². The molecule has 1 aliphatic heterocycles. The summed E-state index contributed by atoms with van der Waals surface area (Å²) in [5.74, 6) is 1.77. The number of rotatable bonds is 3. The Morgan fingerprint density at radius 3 is 1.90 bits per heavy atom. The van der Waals surface area contributed by atoms with E-state index in [0.717, 1.165) is 50.3 Å². The summed E-state index contributed by atoms with van der Waals surface area (Å²) in [5, 5.41) is 7.18. The summed E-state index contributed by atoms with van der Waals surface area (Å²) >= 11 is 0. The van der Waals surface area contributed by atoms with Crippen LogP contribution in [0.4, 0.5) is 0 Å². The van der Waals surface area contributed by atoms with E-state index in [-0.39, 0.29) is 0 Å². The van der Waals surface area contributed by atoms with Gasteiger partial charge < -0.3 is 18.3 Å². The molecule has 0 aliphatic carbocycles. The number of hydrogen-bond donors (Lipinski definition) is 0. The van der Waals surface area contributed by atoms with E-state index in [4.69, 9.17) is 9.15 Å². The van der Waals surface area contributed by atoms with Crippen LogP contribution < -0.4 is 4.74 Å². The summed E-state index contributed by atoms with van der Waals surface area (Å²) in [6.07, 6.45) is 0. The molecule has 3 aromatic heterocycles. The minimum atomic E-state index is 0.876. The van der Waals surface area contributed by atoms with Gasteiger partial charge in [0.25, 0.3) is 0 Å². The maximum absolute atomic E-state index is 6.33. The molecule has 4 heterocycles. The first-order valence-electron chi connectivity index (χ1n) is 17.7. The number of fused-ring (bicyclic) bond motifs is 11. The first kappa shape index (κ1) is 27.7. The molecule has 0 bridgehead atoms. The third kappa shape index (κ3) is 3.81. The highest BCUT2D eigenvalue weighted by Crippen LogP contribution is 2.46. The van der Waals surface area contributed by atoms with Crippen LogP contribution in [0, 0.1) is 0 Å². The van der Waals surface area contributed by atoms with Crippen molar-refractivity contribution in [1.29, 1.82) is 0 Å². The highest BCUT2D eigenvalue weighted by Gasteiger charge is 2.23. The molecule has 52 heavy (non-hydrogen) atoms. The van der Waals surface area contributed by atoms with Gasteiger partial charge in [-0.1, -0.05) is 97.1 Å². The lowest BCUT2D eigenvalue weighted by molar-refractivity contribution is 0.476. The molecule has 12 rings (SSSR count). The van der Waals surface area contributed by atoms with Crippen LogP contribution in [0.1, 0.15) is 0 Å². The molecule has 0 fully saturated rings. The zero-order chi connectivity index (χ0) is 33.9. The lowest BCUT2D eigenvalue weighted by Gasteiger charge is -2.20. The molecule has 0 saturated carbocycles. The van der Waals surface area contributed by atoms with E-state index in [1.54, 1.807) is 0 Å². The fourth-order valence-corrected chi connectivity index (χ4v) is 8.53. The van der Waals surface area contributed by atoms with Crippen LogP contribution >= 0.6 is 0 Å². The lowest BCUT2D eigenvalue weighted by atomic mass is 10.0. The van der Waals surface area contributed by atoms with Crippen molar-refractivity contribution < 1.29 is 9.15 Å². The Labute approximate surface area is 297 Å². The molecular formula is C48H28N2O2. The van der Waals surface area contributed by atoms with Crippen LogP contribution in [0.2, 0.25) is 0 Å². The molecule has 0 spiro atoms. The van der Waals surface area contributed by atoms with E-state index in [0.29, 0.717) is 0 Å². The SMILES string of the molecule is c1ccc2c(c1)Oc1cccc3c4ccc(-c5ccc(-n6c7ccccc7c7cc(-c8ccc9oc%10ccccc%10c9c8)ccc76)cc5)cc4n-2c13. The van der Waals surface area contributed by atoms with Gasteiger partial charge in [-0.3, -0.25) is 0 Å². The zero-order valence-electron chi connectivity index (χ0n) is 27.9. The molecular weight excluding hydrogens is 637 g/mol. The Balaban J connectivity index is 0.972. The molecule has 0 saturated heterocycles. The van der Waals surface area contributed by atoms with E-state index in [2.05, 4.69) is 155 Å². The molecule has 0 amide bonds. The fraction of sp³-hybridized carbons (Fsp3) is 0. The summed E-state index contributed by atoms with van der Waals surface area (Å²) in [4.78, 5) is 0. The van der Waals surface area contributed by atoms with E-state index in [1.165, 1.54) is 60.3 Å². The Kier molecular flexibility index (Phi) is 5.47. The molecule has 0 unspecified atom stereocenters. The molecule has 4 nitrogen and oxygen atoms in total. The van der Waals surface area contributed by atoms with E-state index in [1.807, 2.05) is 24.3 Å². The topological polar surface area (TPSA) is 32.2 Å². The van der Waals surface area contributed by atoms with Crippen LogP contribution in [0.5, 0.6) is 11.5 Å². The highest BCUT2D eigenvalue weighted by molar-refractivity contribution is 6.13. The Hall–Kier alpha value is -7.04. The molecule has 0 atom stereocenters. The predicted octanol–water partition coefficient (Wildman–Crippen LogP) is 13.2. The van der Waals surface area contributed by atoms with Crippen LogP contribution in [0.15, 0.2) is 174 Å². The van der Waals surface area contributed by atoms with Crippen LogP contribution in [-0.2, 0) is 0 Å². The number of benzene rings is 8. The van der Waals surface area contributed by atoms with Gasteiger partial charge in [-0.05, 0) is 95.1 Å². The molecule has 0 radical (unpaired) electrons. The lowest BCUT2D eigenvalue weighted by Crippen LogP contribution is -2.03. The first-order chi connectivity index (χ1) is 25.8. The second-order valence-corrected chi connectivity index (χ2v) is 13.7. The summed E-state index contributed by atoms with van der Waals surface area (Å²) in [6.45, 7) is 0. The van der Waals surface area contributed by atoms with E-state index in [9.17, 15) is 0 Å². The Morgan fingerprint density at radius 1 is 0.346 bits per heavy atom. The zero-order valence-corrected chi connectivity index (χ0v) is 27.9. The third-order valence-corrected chi connectivity index (χ3v) is 10.9. The van der Waals surface area contributed by atoms with Gasteiger partial charge in [0.05, 0.1) is 27.8 Å². The molecule has 242 valence electrons. The first-order valence-corrected chi connectivity index (χ1v) is 17.7. The monoisotopic (exact) mass is 664 g/mol. The van der Waals surface area contributed by atoms with Crippen LogP contribution in [0.25, 0.3) is 99.2 Å². The van der Waals surface area contributed by atoms with Gasteiger partial charge in [-0.2, -0.15) is 0 Å². The summed E-state index contributed by atoms with van der Waals surface area (Å²) in [5.41, 5.74) is 13.4. The van der Waals surface area contributed by atoms with Crippen molar-refractivity contribution in [2.75, 3.05) is 0 Å². The van der Waals surface area contributed by atoms with Crippen molar-refractivity contribution in [3.63, 3.8) is 0 Å². The number of aromatic nitrogens is 2. The molecule has 1 aliphatic rings. The number of ether oxygens (including phenoxy) is 1. The second-order valence-electron chi connectivity index (χ2n) is 13.7. The third-order valence-electron chi connectivity index (χ3n) is 10.9. The van der Waals surface area contributed by atoms with Gasteiger partial charge in [-0.15, -0.1) is 0 Å². The fourth-order valence-electron chi connectivity index (χ4n) is 8.53. The van der Waals surface area contributed by atoms with Crippen molar-refractivity contribution in [3.05, 3.63) is 170 Å². The predicted molar refractivity (Wildman–Crippen MR) is 213 cm³/mol. The summed E-state index contributed by atoms with van der Waals surface area (Å²) in [6, 6.07) is 60.8. The molecule has 0 N–H and O–H groups in total. The van der Waals surface area contributed by atoms with Gasteiger partial charge in [0, 0.05) is 38.0 Å². The maximum atomic E-state index is 6.33. The minimum absolute atomic E-state index is 0.876. The minimum Gasteiger partial charge on any atom is -0.456 e. The largest absolute Gasteiger partial charge is 0.456 e. The van der Waals surface area contributed by atoms with Gasteiger partial charge in [0.1, 0.15) is 11.2 Å². The second kappa shape index (κ2) is 10.3. The van der Waals surface area contributed by atoms with Gasteiger partial charge in [0.15, 0.2) is 11.5 Å². The maximum Gasteiger partial charge on any atom is 0.152 e.